The number of carbonyl (C=O) groups excluding carboxylic acids is 1. The molecule has 1 atom stereocenters. The fourth-order valence-corrected chi connectivity index (χ4v) is 2.14. The average Bonchev–Trinajstić information content (AvgIpc) is 2.78. The van der Waals surface area contributed by atoms with Crippen molar-refractivity contribution in [3.05, 3.63) is 59.0 Å². The maximum Gasteiger partial charge on any atom is 0.326 e. The van der Waals surface area contributed by atoms with E-state index in [1.165, 1.54) is 0 Å². The second kappa shape index (κ2) is 6.26. The lowest BCUT2D eigenvalue weighted by atomic mass is 10.1. The molecule has 110 valence electrons. The molecule has 0 saturated carbocycles. The van der Waals surface area contributed by atoms with Crippen molar-refractivity contribution >= 4 is 11.9 Å². The molecule has 1 amide bonds. The van der Waals surface area contributed by atoms with Crippen LogP contribution in [0.1, 0.15) is 27.4 Å². The summed E-state index contributed by atoms with van der Waals surface area (Å²) in [6.07, 6.45) is 0.234. The summed E-state index contributed by atoms with van der Waals surface area (Å²) in [6.45, 7) is 3.41. The van der Waals surface area contributed by atoms with E-state index in [4.69, 9.17) is 4.42 Å². The lowest BCUT2D eigenvalue weighted by Gasteiger charge is -2.14. The van der Waals surface area contributed by atoms with Gasteiger partial charge in [0.05, 0.1) is 5.56 Å². The van der Waals surface area contributed by atoms with Gasteiger partial charge >= 0.3 is 5.97 Å². The van der Waals surface area contributed by atoms with Crippen molar-refractivity contribution in [1.82, 2.24) is 5.32 Å². The lowest BCUT2D eigenvalue weighted by Crippen LogP contribution is -2.42. The van der Waals surface area contributed by atoms with Crippen LogP contribution >= 0.6 is 0 Å². The number of amides is 1. The SMILES string of the molecule is Cc1cc(C(=O)N[C@@H](Cc2ccccc2)C(=O)O)c(C)o1. The van der Waals surface area contributed by atoms with Crippen LogP contribution in [0, 0.1) is 13.8 Å². The summed E-state index contributed by atoms with van der Waals surface area (Å²) in [5.74, 6) is -0.404. The first-order valence-electron chi connectivity index (χ1n) is 6.62. The predicted molar refractivity (Wildman–Crippen MR) is 77.2 cm³/mol. The minimum atomic E-state index is -1.06. The molecule has 2 rings (SSSR count). The number of nitrogens with one attached hydrogen (secondary N) is 1. The van der Waals surface area contributed by atoms with Gasteiger partial charge in [-0.2, -0.15) is 0 Å². The number of rotatable bonds is 5. The van der Waals surface area contributed by atoms with Crippen LogP contribution in [0.3, 0.4) is 0 Å². The number of aliphatic carboxylic acids is 1. The van der Waals surface area contributed by atoms with Gasteiger partial charge in [-0.3, -0.25) is 4.79 Å². The molecule has 21 heavy (non-hydrogen) atoms. The number of carboxylic acids is 1. The molecule has 0 unspecified atom stereocenters. The van der Waals surface area contributed by atoms with Gasteiger partial charge in [0.2, 0.25) is 0 Å². The van der Waals surface area contributed by atoms with E-state index in [1.807, 2.05) is 30.3 Å². The van der Waals surface area contributed by atoms with Gasteiger partial charge in [-0.25, -0.2) is 4.79 Å². The Bertz CT molecular complexity index is 646. The third kappa shape index (κ3) is 3.72. The van der Waals surface area contributed by atoms with E-state index in [1.54, 1.807) is 19.9 Å². The highest BCUT2D eigenvalue weighted by Gasteiger charge is 2.23. The number of carboxylic acid groups (broad SMARTS) is 1. The highest BCUT2D eigenvalue weighted by atomic mass is 16.4. The maximum absolute atomic E-state index is 12.1. The van der Waals surface area contributed by atoms with Gasteiger partial charge in [-0.05, 0) is 25.5 Å². The Morgan fingerprint density at radius 3 is 2.43 bits per heavy atom. The third-order valence-electron chi connectivity index (χ3n) is 3.17. The normalized spacial score (nSPS) is 11.9. The smallest absolute Gasteiger partial charge is 0.326 e. The number of carbonyl (C=O) groups is 2. The van der Waals surface area contributed by atoms with Crippen LogP contribution < -0.4 is 5.32 Å². The fourth-order valence-electron chi connectivity index (χ4n) is 2.14. The minimum Gasteiger partial charge on any atom is -0.480 e. The van der Waals surface area contributed by atoms with Gasteiger partial charge in [0, 0.05) is 6.42 Å². The number of benzene rings is 1. The fraction of sp³-hybridized carbons (Fsp3) is 0.250. The molecule has 0 radical (unpaired) electrons. The maximum atomic E-state index is 12.1. The lowest BCUT2D eigenvalue weighted by molar-refractivity contribution is -0.139. The summed E-state index contributed by atoms with van der Waals surface area (Å²) >= 11 is 0. The first kappa shape index (κ1) is 14.8. The molecular weight excluding hydrogens is 270 g/mol. The highest BCUT2D eigenvalue weighted by molar-refractivity contribution is 5.97. The number of hydrogen-bond acceptors (Lipinski definition) is 3. The topological polar surface area (TPSA) is 79.5 Å². The summed E-state index contributed by atoms with van der Waals surface area (Å²) in [6, 6.07) is 9.81. The summed E-state index contributed by atoms with van der Waals surface area (Å²) < 4.78 is 5.29. The van der Waals surface area contributed by atoms with Crippen molar-refractivity contribution < 1.29 is 19.1 Å². The Morgan fingerprint density at radius 1 is 1.24 bits per heavy atom. The van der Waals surface area contributed by atoms with Gasteiger partial charge in [-0.15, -0.1) is 0 Å². The molecule has 1 aromatic heterocycles. The quantitative estimate of drug-likeness (QED) is 0.884. The molecule has 1 aromatic carbocycles. The van der Waals surface area contributed by atoms with Crippen molar-refractivity contribution in [3.8, 4) is 0 Å². The van der Waals surface area contributed by atoms with Crippen molar-refractivity contribution in [3.63, 3.8) is 0 Å². The average molecular weight is 287 g/mol. The van der Waals surface area contributed by atoms with E-state index < -0.39 is 17.9 Å². The van der Waals surface area contributed by atoms with Crippen LogP contribution in [-0.2, 0) is 11.2 Å². The van der Waals surface area contributed by atoms with Gasteiger partial charge in [0.15, 0.2) is 0 Å². The highest BCUT2D eigenvalue weighted by Crippen LogP contribution is 2.14. The summed E-state index contributed by atoms with van der Waals surface area (Å²) in [5.41, 5.74) is 1.22. The Hall–Kier alpha value is -2.56. The first-order chi connectivity index (χ1) is 9.97. The summed E-state index contributed by atoms with van der Waals surface area (Å²) in [7, 11) is 0. The standard InChI is InChI=1S/C16H17NO4/c1-10-8-13(11(2)21-10)15(18)17-14(16(19)20)9-12-6-4-3-5-7-12/h3-8,14H,9H2,1-2H3,(H,17,18)(H,19,20)/t14-/m0/s1. The number of aryl methyl sites for hydroxylation is 2. The molecule has 0 aliphatic heterocycles. The number of hydrogen-bond donors (Lipinski definition) is 2. The molecule has 0 aliphatic carbocycles. The largest absolute Gasteiger partial charge is 0.480 e. The van der Waals surface area contributed by atoms with E-state index in [9.17, 15) is 14.7 Å². The second-order valence-corrected chi connectivity index (χ2v) is 4.88. The zero-order valence-corrected chi connectivity index (χ0v) is 11.9. The molecule has 0 spiro atoms. The second-order valence-electron chi connectivity index (χ2n) is 4.88. The molecule has 0 aliphatic rings. The molecule has 5 nitrogen and oxygen atoms in total. The van der Waals surface area contributed by atoms with Crippen molar-refractivity contribution in [2.24, 2.45) is 0 Å². The van der Waals surface area contributed by atoms with Crippen LogP contribution in [0.15, 0.2) is 40.8 Å². The molecule has 0 bridgehead atoms. The van der Waals surface area contributed by atoms with Gasteiger partial charge < -0.3 is 14.8 Å². The van der Waals surface area contributed by atoms with E-state index in [2.05, 4.69) is 5.32 Å². The Kier molecular flexibility index (Phi) is 4.42. The van der Waals surface area contributed by atoms with E-state index >= 15 is 0 Å². The summed E-state index contributed by atoms with van der Waals surface area (Å²) in [4.78, 5) is 23.5. The van der Waals surface area contributed by atoms with Crippen molar-refractivity contribution in [2.45, 2.75) is 26.3 Å². The van der Waals surface area contributed by atoms with E-state index in [0.717, 1.165) is 5.56 Å². The monoisotopic (exact) mass is 287 g/mol. The molecule has 2 aromatic rings. The molecule has 1 heterocycles. The van der Waals surface area contributed by atoms with Crippen molar-refractivity contribution in [2.75, 3.05) is 0 Å². The summed E-state index contributed by atoms with van der Waals surface area (Å²) in [5, 5.41) is 11.8. The molecular formula is C16H17NO4. The minimum absolute atomic E-state index is 0.234. The van der Waals surface area contributed by atoms with E-state index in [-0.39, 0.29) is 6.42 Å². The van der Waals surface area contributed by atoms with Crippen LogP contribution in [0.4, 0.5) is 0 Å². The first-order valence-corrected chi connectivity index (χ1v) is 6.62. The molecule has 2 N–H and O–H groups in total. The molecule has 0 fully saturated rings. The predicted octanol–water partition coefficient (Wildman–Crippen LogP) is 2.32. The van der Waals surface area contributed by atoms with Crippen LogP contribution in [0.2, 0.25) is 0 Å². The van der Waals surface area contributed by atoms with Gasteiger partial charge in [-0.1, -0.05) is 30.3 Å². The number of furan rings is 1. The Balaban J connectivity index is 2.11. The van der Waals surface area contributed by atoms with Gasteiger partial charge in [0.1, 0.15) is 17.6 Å². The van der Waals surface area contributed by atoms with Crippen LogP contribution in [0.25, 0.3) is 0 Å². The van der Waals surface area contributed by atoms with Crippen LogP contribution in [-0.4, -0.2) is 23.0 Å². The van der Waals surface area contributed by atoms with E-state index in [0.29, 0.717) is 17.1 Å². The molecule has 5 heteroatoms. The zero-order chi connectivity index (χ0) is 15.4. The third-order valence-corrected chi connectivity index (χ3v) is 3.17. The Morgan fingerprint density at radius 2 is 1.90 bits per heavy atom. The zero-order valence-electron chi connectivity index (χ0n) is 11.9. The van der Waals surface area contributed by atoms with Crippen molar-refractivity contribution in [1.29, 1.82) is 0 Å². The molecule has 0 saturated heterocycles. The van der Waals surface area contributed by atoms with Crippen LogP contribution in [0.5, 0.6) is 0 Å². The Labute approximate surface area is 122 Å². The van der Waals surface area contributed by atoms with Gasteiger partial charge in [0.25, 0.3) is 5.91 Å².